The standard InChI is InChI=1S/C11H17N3O2/c1-8(7-12)13-11(15)14-9-4-3-5-10(6-9)16-2/h3-6,8H,7,12H2,1-2H3,(H2,13,14,15). The van der Waals surface area contributed by atoms with E-state index in [1.807, 2.05) is 13.0 Å². The van der Waals surface area contributed by atoms with Gasteiger partial charge in [0.05, 0.1) is 7.11 Å². The number of hydrogen-bond acceptors (Lipinski definition) is 3. The second kappa shape index (κ2) is 5.97. The number of hydrogen-bond donors (Lipinski definition) is 3. The molecule has 0 aromatic heterocycles. The van der Waals surface area contributed by atoms with E-state index in [1.165, 1.54) is 0 Å². The minimum atomic E-state index is -0.272. The van der Waals surface area contributed by atoms with E-state index in [1.54, 1.807) is 25.3 Å². The zero-order valence-electron chi connectivity index (χ0n) is 9.49. The molecule has 1 rings (SSSR count). The number of rotatable bonds is 4. The Morgan fingerprint density at radius 3 is 2.94 bits per heavy atom. The molecule has 5 heteroatoms. The molecule has 1 aromatic rings. The highest BCUT2D eigenvalue weighted by molar-refractivity contribution is 5.89. The SMILES string of the molecule is COc1cccc(NC(=O)NC(C)CN)c1. The number of urea groups is 1. The van der Waals surface area contributed by atoms with Crippen LogP contribution in [0.3, 0.4) is 0 Å². The van der Waals surface area contributed by atoms with Crippen LogP contribution in [-0.2, 0) is 0 Å². The molecule has 0 aliphatic heterocycles. The third-order valence-corrected chi connectivity index (χ3v) is 2.06. The Hall–Kier alpha value is -1.75. The van der Waals surface area contributed by atoms with E-state index in [9.17, 15) is 4.79 Å². The van der Waals surface area contributed by atoms with Crippen molar-refractivity contribution < 1.29 is 9.53 Å². The van der Waals surface area contributed by atoms with Crippen LogP contribution in [0.2, 0.25) is 0 Å². The maximum atomic E-state index is 11.5. The Labute approximate surface area is 95.0 Å². The molecule has 88 valence electrons. The highest BCUT2D eigenvalue weighted by atomic mass is 16.5. The van der Waals surface area contributed by atoms with Gasteiger partial charge in [-0.25, -0.2) is 4.79 Å². The maximum Gasteiger partial charge on any atom is 0.319 e. The normalized spacial score (nSPS) is 11.7. The summed E-state index contributed by atoms with van der Waals surface area (Å²) in [5.74, 6) is 0.699. The van der Waals surface area contributed by atoms with Crippen molar-refractivity contribution in [1.29, 1.82) is 0 Å². The molecular formula is C11H17N3O2. The van der Waals surface area contributed by atoms with E-state index in [-0.39, 0.29) is 12.1 Å². The Morgan fingerprint density at radius 1 is 1.56 bits per heavy atom. The molecule has 2 amide bonds. The van der Waals surface area contributed by atoms with Crippen LogP contribution in [0.4, 0.5) is 10.5 Å². The van der Waals surface area contributed by atoms with Crippen LogP contribution in [0.25, 0.3) is 0 Å². The first-order valence-electron chi connectivity index (χ1n) is 5.07. The van der Waals surface area contributed by atoms with Crippen LogP contribution in [0.1, 0.15) is 6.92 Å². The summed E-state index contributed by atoms with van der Waals surface area (Å²) in [5.41, 5.74) is 6.08. The van der Waals surface area contributed by atoms with Crippen molar-refractivity contribution in [2.45, 2.75) is 13.0 Å². The van der Waals surface area contributed by atoms with Gasteiger partial charge in [0.1, 0.15) is 5.75 Å². The third kappa shape index (κ3) is 3.78. The van der Waals surface area contributed by atoms with Crippen LogP contribution >= 0.6 is 0 Å². The van der Waals surface area contributed by atoms with Crippen molar-refractivity contribution in [3.63, 3.8) is 0 Å². The minimum absolute atomic E-state index is 0.0504. The van der Waals surface area contributed by atoms with Gasteiger partial charge >= 0.3 is 6.03 Å². The highest BCUT2D eigenvalue weighted by Gasteiger charge is 2.05. The molecule has 0 bridgehead atoms. The maximum absolute atomic E-state index is 11.5. The number of benzene rings is 1. The molecular weight excluding hydrogens is 206 g/mol. The Morgan fingerprint density at radius 2 is 2.31 bits per heavy atom. The van der Waals surface area contributed by atoms with E-state index in [0.29, 0.717) is 18.0 Å². The number of methoxy groups -OCH3 is 1. The van der Waals surface area contributed by atoms with Crippen LogP contribution in [0.15, 0.2) is 24.3 Å². The van der Waals surface area contributed by atoms with Crippen molar-refractivity contribution in [3.05, 3.63) is 24.3 Å². The van der Waals surface area contributed by atoms with Crippen molar-refractivity contribution in [2.24, 2.45) is 5.73 Å². The number of amides is 2. The van der Waals surface area contributed by atoms with Crippen molar-refractivity contribution in [2.75, 3.05) is 19.0 Å². The molecule has 0 aliphatic carbocycles. The quantitative estimate of drug-likeness (QED) is 0.717. The van der Waals surface area contributed by atoms with Gasteiger partial charge in [-0.1, -0.05) is 6.07 Å². The number of carbonyl (C=O) groups excluding carboxylic acids is 1. The third-order valence-electron chi connectivity index (χ3n) is 2.06. The van der Waals surface area contributed by atoms with Crippen molar-refractivity contribution >= 4 is 11.7 Å². The number of carbonyl (C=O) groups is 1. The van der Waals surface area contributed by atoms with Crippen LogP contribution < -0.4 is 21.1 Å². The molecule has 1 aromatic carbocycles. The molecule has 0 fully saturated rings. The molecule has 0 spiro atoms. The van der Waals surface area contributed by atoms with E-state index in [4.69, 9.17) is 10.5 Å². The monoisotopic (exact) mass is 223 g/mol. The lowest BCUT2D eigenvalue weighted by atomic mass is 10.3. The molecule has 0 radical (unpaired) electrons. The van der Waals surface area contributed by atoms with Crippen molar-refractivity contribution in [1.82, 2.24) is 5.32 Å². The Balaban J connectivity index is 2.55. The van der Waals surface area contributed by atoms with Gasteiger partial charge in [0.15, 0.2) is 0 Å². The number of nitrogens with one attached hydrogen (secondary N) is 2. The van der Waals surface area contributed by atoms with E-state index in [0.717, 1.165) is 0 Å². The van der Waals surface area contributed by atoms with Gasteiger partial charge in [-0.3, -0.25) is 0 Å². The van der Waals surface area contributed by atoms with Gasteiger partial charge < -0.3 is 21.1 Å². The average molecular weight is 223 g/mol. The van der Waals surface area contributed by atoms with Crippen LogP contribution in [-0.4, -0.2) is 25.7 Å². The van der Waals surface area contributed by atoms with Gasteiger partial charge in [0.25, 0.3) is 0 Å². The molecule has 0 saturated carbocycles. The first-order valence-corrected chi connectivity index (χ1v) is 5.07. The fraction of sp³-hybridized carbons (Fsp3) is 0.364. The summed E-state index contributed by atoms with van der Waals surface area (Å²) >= 11 is 0. The molecule has 5 nitrogen and oxygen atoms in total. The predicted octanol–water partition coefficient (Wildman–Crippen LogP) is 1.16. The summed E-state index contributed by atoms with van der Waals surface area (Å²) in [5, 5.41) is 5.40. The summed E-state index contributed by atoms with van der Waals surface area (Å²) in [7, 11) is 1.58. The molecule has 0 heterocycles. The minimum Gasteiger partial charge on any atom is -0.497 e. The summed E-state index contributed by atoms with van der Waals surface area (Å²) in [6.45, 7) is 2.25. The van der Waals surface area contributed by atoms with Gasteiger partial charge in [0, 0.05) is 24.3 Å². The summed E-state index contributed by atoms with van der Waals surface area (Å²) in [6.07, 6.45) is 0. The topological polar surface area (TPSA) is 76.4 Å². The zero-order valence-corrected chi connectivity index (χ0v) is 9.49. The largest absolute Gasteiger partial charge is 0.497 e. The second-order valence-electron chi connectivity index (χ2n) is 3.47. The van der Waals surface area contributed by atoms with Gasteiger partial charge in [0.2, 0.25) is 0 Å². The first kappa shape index (κ1) is 12.3. The summed E-state index contributed by atoms with van der Waals surface area (Å²) in [4.78, 5) is 11.5. The van der Waals surface area contributed by atoms with Crippen LogP contribution in [0.5, 0.6) is 5.75 Å². The summed E-state index contributed by atoms with van der Waals surface area (Å²) in [6, 6.07) is 6.82. The number of anilines is 1. The molecule has 16 heavy (non-hydrogen) atoms. The number of nitrogens with two attached hydrogens (primary N) is 1. The first-order chi connectivity index (χ1) is 7.65. The fourth-order valence-electron chi connectivity index (χ4n) is 1.15. The Kier molecular flexibility index (Phi) is 4.60. The van der Waals surface area contributed by atoms with Gasteiger partial charge in [-0.15, -0.1) is 0 Å². The average Bonchev–Trinajstić information content (AvgIpc) is 2.28. The highest BCUT2D eigenvalue weighted by Crippen LogP contribution is 2.16. The zero-order chi connectivity index (χ0) is 12.0. The van der Waals surface area contributed by atoms with E-state index < -0.39 is 0 Å². The van der Waals surface area contributed by atoms with Crippen molar-refractivity contribution in [3.8, 4) is 5.75 Å². The van der Waals surface area contributed by atoms with Gasteiger partial charge in [-0.2, -0.15) is 0 Å². The van der Waals surface area contributed by atoms with E-state index >= 15 is 0 Å². The second-order valence-corrected chi connectivity index (χ2v) is 3.47. The lowest BCUT2D eigenvalue weighted by Crippen LogP contribution is -2.40. The number of ether oxygens (including phenoxy) is 1. The van der Waals surface area contributed by atoms with E-state index in [2.05, 4.69) is 10.6 Å². The molecule has 1 unspecified atom stereocenters. The molecule has 4 N–H and O–H groups in total. The smallest absolute Gasteiger partial charge is 0.319 e. The molecule has 1 atom stereocenters. The van der Waals surface area contributed by atoms with Crippen LogP contribution in [0, 0.1) is 0 Å². The summed E-state index contributed by atoms with van der Waals surface area (Å²) < 4.78 is 5.05. The molecule has 0 saturated heterocycles. The Bertz CT molecular complexity index is 355. The molecule has 0 aliphatic rings. The fourth-order valence-corrected chi connectivity index (χ4v) is 1.15. The van der Waals surface area contributed by atoms with Gasteiger partial charge in [-0.05, 0) is 19.1 Å². The predicted molar refractivity (Wildman–Crippen MR) is 63.7 cm³/mol. The lowest BCUT2D eigenvalue weighted by molar-refractivity contribution is 0.249. The lowest BCUT2D eigenvalue weighted by Gasteiger charge is -2.12.